The van der Waals surface area contributed by atoms with E-state index in [9.17, 15) is 8.42 Å². The second kappa shape index (κ2) is 12.0. The minimum absolute atomic E-state index is 0.536. The molecule has 0 radical (unpaired) electrons. The Kier molecular flexibility index (Phi) is 12.1. The maximum Gasteiger partial charge on any atom is 0.279 e. The van der Waals surface area contributed by atoms with E-state index in [1.165, 1.54) is 4.31 Å². The summed E-state index contributed by atoms with van der Waals surface area (Å²) < 4.78 is 27.8. The van der Waals surface area contributed by atoms with E-state index < -0.39 is 10.2 Å². The zero-order valence-corrected chi connectivity index (χ0v) is 14.1. The molecule has 0 aromatic carbocycles. The number of thioether (sulfide) groups is 1. The molecule has 0 aliphatic heterocycles. The SMILES string of the molecule is CCNCCCN(C)S(=O)(=O)NCCCCCSC. The Morgan fingerprint density at radius 3 is 2.47 bits per heavy atom. The van der Waals surface area contributed by atoms with Gasteiger partial charge in [0.25, 0.3) is 10.2 Å². The van der Waals surface area contributed by atoms with Gasteiger partial charge in [0, 0.05) is 20.1 Å². The highest BCUT2D eigenvalue weighted by Crippen LogP contribution is 2.02. The van der Waals surface area contributed by atoms with Gasteiger partial charge in [-0.1, -0.05) is 13.3 Å². The lowest BCUT2D eigenvalue weighted by Gasteiger charge is -2.17. The first kappa shape index (κ1) is 19.2. The Balaban J connectivity index is 3.71. The summed E-state index contributed by atoms with van der Waals surface area (Å²) in [5, 5.41) is 3.18. The molecule has 0 rings (SSSR count). The molecule has 7 heteroatoms. The van der Waals surface area contributed by atoms with Gasteiger partial charge in [0.2, 0.25) is 0 Å². The van der Waals surface area contributed by atoms with Gasteiger partial charge in [-0.15, -0.1) is 0 Å². The van der Waals surface area contributed by atoms with E-state index in [2.05, 4.69) is 16.3 Å². The van der Waals surface area contributed by atoms with Crippen LogP contribution in [-0.2, 0) is 10.2 Å². The molecule has 19 heavy (non-hydrogen) atoms. The summed E-state index contributed by atoms with van der Waals surface area (Å²) in [5.41, 5.74) is 0. The van der Waals surface area contributed by atoms with E-state index in [0.29, 0.717) is 13.1 Å². The number of rotatable bonds is 13. The molecule has 0 saturated carbocycles. The van der Waals surface area contributed by atoms with E-state index in [1.54, 1.807) is 7.05 Å². The summed E-state index contributed by atoms with van der Waals surface area (Å²) in [6.45, 7) is 4.90. The normalized spacial score (nSPS) is 12.2. The molecule has 0 aromatic rings. The molecular weight excluding hydrogens is 282 g/mol. The second-order valence-corrected chi connectivity index (χ2v) is 7.33. The zero-order chi connectivity index (χ0) is 14.6. The summed E-state index contributed by atoms with van der Waals surface area (Å²) in [4.78, 5) is 0. The average molecular weight is 312 g/mol. The fourth-order valence-electron chi connectivity index (χ4n) is 1.58. The first-order valence-electron chi connectivity index (χ1n) is 6.95. The van der Waals surface area contributed by atoms with Crippen molar-refractivity contribution in [3.63, 3.8) is 0 Å². The second-order valence-electron chi connectivity index (χ2n) is 4.48. The van der Waals surface area contributed by atoms with E-state index in [1.807, 2.05) is 18.7 Å². The first-order chi connectivity index (χ1) is 9.04. The third-order valence-electron chi connectivity index (χ3n) is 2.80. The van der Waals surface area contributed by atoms with Gasteiger partial charge in [-0.3, -0.25) is 0 Å². The van der Waals surface area contributed by atoms with Crippen LogP contribution in [0.5, 0.6) is 0 Å². The van der Waals surface area contributed by atoms with Crippen LogP contribution >= 0.6 is 11.8 Å². The lowest BCUT2D eigenvalue weighted by atomic mass is 10.2. The molecule has 0 saturated heterocycles. The minimum atomic E-state index is -3.29. The maximum absolute atomic E-state index is 11.9. The predicted molar refractivity (Wildman–Crippen MR) is 84.9 cm³/mol. The predicted octanol–water partition coefficient (Wildman–Crippen LogP) is 1.29. The van der Waals surface area contributed by atoms with Crippen LogP contribution in [0.3, 0.4) is 0 Å². The number of nitrogens with zero attached hydrogens (tertiary/aromatic N) is 1. The highest BCUT2D eigenvalue weighted by atomic mass is 32.2. The first-order valence-corrected chi connectivity index (χ1v) is 9.78. The van der Waals surface area contributed by atoms with Crippen LogP contribution in [0.4, 0.5) is 0 Å². The molecular formula is C12H29N3O2S2. The van der Waals surface area contributed by atoms with Crippen LogP contribution < -0.4 is 10.0 Å². The molecule has 116 valence electrons. The van der Waals surface area contributed by atoms with Gasteiger partial charge >= 0.3 is 0 Å². The molecule has 0 unspecified atom stereocenters. The van der Waals surface area contributed by atoms with Gasteiger partial charge < -0.3 is 5.32 Å². The standard InChI is InChI=1S/C12H29N3O2S2/c1-4-13-9-8-11-15(2)19(16,17)14-10-6-5-7-12-18-3/h13-14H,4-12H2,1-3H3. The summed E-state index contributed by atoms with van der Waals surface area (Å²) in [6.07, 6.45) is 6.06. The fraction of sp³-hybridized carbons (Fsp3) is 1.00. The van der Waals surface area contributed by atoms with Crippen molar-refractivity contribution in [3.8, 4) is 0 Å². The Morgan fingerprint density at radius 2 is 1.84 bits per heavy atom. The van der Waals surface area contributed by atoms with Crippen LogP contribution in [0.1, 0.15) is 32.6 Å². The van der Waals surface area contributed by atoms with Gasteiger partial charge in [0.1, 0.15) is 0 Å². The molecule has 0 heterocycles. The topological polar surface area (TPSA) is 61.4 Å². The maximum atomic E-state index is 11.9. The van der Waals surface area contributed by atoms with E-state index in [0.717, 1.165) is 44.5 Å². The largest absolute Gasteiger partial charge is 0.317 e. The minimum Gasteiger partial charge on any atom is -0.317 e. The van der Waals surface area contributed by atoms with E-state index in [4.69, 9.17) is 0 Å². The van der Waals surface area contributed by atoms with Crippen molar-refractivity contribution in [3.05, 3.63) is 0 Å². The molecule has 0 aliphatic carbocycles. The van der Waals surface area contributed by atoms with Crippen molar-refractivity contribution < 1.29 is 8.42 Å². The molecule has 0 aliphatic rings. The molecule has 0 amide bonds. The number of hydrogen-bond acceptors (Lipinski definition) is 4. The summed E-state index contributed by atoms with van der Waals surface area (Å²) >= 11 is 1.83. The monoisotopic (exact) mass is 311 g/mol. The average Bonchev–Trinajstić information content (AvgIpc) is 2.38. The van der Waals surface area contributed by atoms with Crippen LogP contribution in [0.2, 0.25) is 0 Å². The van der Waals surface area contributed by atoms with Gasteiger partial charge in [-0.25, -0.2) is 4.72 Å². The van der Waals surface area contributed by atoms with E-state index >= 15 is 0 Å². The smallest absolute Gasteiger partial charge is 0.279 e. The molecule has 2 N–H and O–H groups in total. The Morgan fingerprint density at radius 1 is 1.11 bits per heavy atom. The Hall–Kier alpha value is 0.180. The third-order valence-corrected chi connectivity index (χ3v) is 5.07. The highest BCUT2D eigenvalue weighted by Gasteiger charge is 2.15. The molecule has 0 bridgehead atoms. The Bertz CT molecular complexity index is 297. The van der Waals surface area contributed by atoms with Crippen molar-refractivity contribution >= 4 is 22.0 Å². The molecule has 0 atom stereocenters. The van der Waals surface area contributed by atoms with Crippen LogP contribution in [0, 0.1) is 0 Å². The van der Waals surface area contributed by atoms with Gasteiger partial charge in [0.15, 0.2) is 0 Å². The van der Waals surface area contributed by atoms with Crippen molar-refractivity contribution in [2.45, 2.75) is 32.6 Å². The molecule has 0 aromatic heterocycles. The van der Waals surface area contributed by atoms with Gasteiger partial charge in [0.05, 0.1) is 0 Å². The fourth-order valence-corrected chi connectivity index (χ4v) is 3.07. The lowest BCUT2D eigenvalue weighted by molar-refractivity contribution is 0.444. The van der Waals surface area contributed by atoms with Crippen molar-refractivity contribution in [1.82, 2.24) is 14.3 Å². The summed E-state index contributed by atoms with van der Waals surface area (Å²) in [5.74, 6) is 1.15. The summed E-state index contributed by atoms with van der Waals surface area (Å²) in [6, 6.07) is 0. The number of unbranched alkanes of at least 4 members (excludes halogenated alkanes) is 2. The molecule has 0 spiro atoms. The van der Waals surface area contributed by atoms with Gasteiger partial charge in [-0.05, 0) is 44.4 Å². The van der Waals surface area contributed by atoms with Crippen molar-refractivity contribution in [2.75, 3.05) is 45.2 Å². The quantitative estimate of drug-likeness (QED) is 0.503. The van der Waals surface area contributed by atoms with Gasteiger partial charge in [-0.2, -0.15) is 24.5 Å². The Labute approximate surface area is 123 Å². The number of hydrogen-bond donors (Lipinski definition) is 2. The van der Waals surface area contributed by atoms with Crippen molar-refractivity contribution in [1.29, 1.82) is 0 Å². The van der Waals surface area contributed by atoms with Crippen LogP contribution in [0.25, 0.3) is 0 Å². The summed E-state index contributed by atoms with van der Waals surface area (Å²) in [7, 11) is -1.66. The van der Waals surface area contributed by atoms with Crippen LogP contribution in [0.15, 0.2) is 0 Å². The van der Waals surface area contributed by atoms with Crippen molar-refractivity contribution in [2.24, 2.45) is 0 Å². The third kappa shape index (κ3) is 10.6. The highest BCUT2D eigenvalue weighted by molar-refractivity contribution is 7.98. The molecule has 0 fully saturated rings. The number of nitrogens with one attached hydrogen (secondary N) is 2. The molecule has 5 nitrogen and oxygen atoms in total. The van der Waals surface area contributed by atoms with E-state index in [-0.39, 0.29) is 0 Å². The van der Waals surface area contributed by atoms with Crippen LogP contribution in [-0.4, -0.2) is 58.0 Å². The zero-order valence-electron chi connectivity index (χ0n) is 12.4. The lowest BCUT2D eigenvalue weighted by Crippen LogP contribution is -2.39.